The summed E-state index contributed by atoms with van der Waals surface area (Å²) in [6.07, 6.45) is 1.89. The molecule has 0 aliphatic carbocycles. The zero-order valence-corrected chi connectivity index (χ0v) is 21.6. The number of anilines is 1. The van der Waals surface area contributed by atoms with Crippen molar-refractivity contribution < 1.29 is 18.7 Å². The molecule has 3 aromatic rings. The van der Waals surface area contributed by atoms with Gasteiger partial charge in [0.25, 0.3) is 5.91 Å². The van der Waals surface area contributed by atoms with Crippen molar-refractivity contribution in [3.05, 3.63) is 89.9 Å². The van der Waals surface area contributed by atoms with Gasteiger partial charge in [-0.15, -0.1) is 0 Å². The number of amides is 2. The summed E-state index contributed by atoms with van der Waals surface area (Å²) >= 11 is 1.38. The molecule has 1 heterocycles. The lowest BCUT2D eigenvalue weighted by molar-refractivity contribution is -0.120. The van der Waals surface area contributed by atoms with Crippen LogP contribution in [0.1, 0.15) is 29.8 Å². The van der Waals surface area contributed by atoms with Gasteiger partial charge in [0.05, 0.1) is 18.5 Å². The molecule has 7 nitrogen and oxygen atoms in total. The first kappa shape index (κ1) is 27.3. The van der Waals surface area contributed by atoms with Crippen LogP contribution in [0.15, 0.2) is 78.0 Å². The standard InChI is InChI=1S/C27H31FN4O3S/c1-27(2,18-35-4)31-36-24-15-14-22(17-29-24)30-25(33)23(16-19-8-6-5-7-9-19)32(3)26(34)20-10-12-21(28)13-11-20/h5-15,17,23,31H,16,18H2,1-4H3,(H,30,33). The maximum absolute atomic E-state index is 13.3. The number of benzene rings is 2. The highest BCUT2D eigenvalue weighted by Crippen LogP contribution is 2.19. The van der Waals surface area contributed by atoms with Crippen LogP contribution >= 0.6 is 11.9 Å². The van der Waals surface area contributed by atoms with Crippen LogP contribution < -0.4 is 10.0 Å². The highest BCUT2D eigenvalue weighted by molar-refractivity contribution is 7.97. The third kappa shape index (κ3) is 7.87. The zero-order chi connectivity index (χ0) is 26.1. The van der Waals surface area contributed by atoms with E-state index in [0.29, 0.717) is 24.3 Å². The Balaban J connectivity index is 1.73. The van der Waals surface area contributed by atoms with E-state index >= 15 is 0 Å². The Kier molecular flexibility index (Phi) is 9.58. The van der Waals surface area contributed by atoms with E-state index in [-0.39, 0.29) is 17.4 Å². The van der Waals surface area contributed by atoms with E-state index < -0.39 is 11.9 Å². The van der Waals surface area contributed by atoms with Crippen molar-refractivity contribution in [1.29, 1.82) is 0 Å². The van der Waals surface area contributed by atoms with Gasteiger partial charge in [-0.3, -0.25) is 14.3 Å². The van der Waals surface area contributed by atoms with Crippen LogP contribution in [-0.2, 0) is 16.0 Å². The van der Waals surface area contributed by atoms with Crippen molar-refractivity contribution in [2.45, 2.75) is 36.9 Å². The molecule has 0 aliphatic rings. The Morgan fingerprint density at radius 2 is 1.78 bits per heavy atom. The number of halogens is 1. The minimum atomic E-state index is -0.796. The lowest BCUT2D eigenvalue weighted by Gasteiger charge is -2.28. The van der Waals surface area contributed by atoms with Gasteiger partial charge in [-0.05, 0) is 67.8 Å². The van der Waals surface area contributed by atoms with Crippen LogP contribution in [0.5, 0.6) is 0 Å². The molecular formula is C27H31FN4O3S. The number of hydrogen-bond acceptors (Lipinski definition) is 6. The van der Waals surface area contributed by atoms with E-state index in [0.717, 1.165) is 10.6 Å². The molecule has 2 aromatic carbocycles. The topological polar surface area (TPSA) is 83.6 Å². The van der Waals surface area contributed by atoms with Crippen LogP contribution in [-0.4, -0.2) is 54.0 Å². The first-order valence-corrected chi connectivity index (χ1v) is 12.3. The fourth-order valence-corrected chi connectivity index (χ4v) is 4.18. The van der Waals surface area contributed by atoms with E-state index in [1.54, 1.807) is 32.5 Å². The minimum Gasteiger partial charge on any atom is -0.383 e. The molecule has 0 fully saturated rings. The average molecular weight is 511 g/mol. The molecule has 1 atom stereocenters. The molecule has 9 heteroatoms. The van der Waals surface area contributed by atoms with Crippen LogP contribution in [0, 0.1) is 5.82 Å². The Labute approximate surface area is 215 Å². The normalized spacial score (nSPS) is 12.1. The van der Waals surface area contributed by atoms with Crippen LogP contribution in [0.2, 0.25) is 0 Å². The number of carbonyl (C=O) groups is 2. The number of carbonyl (C=O) groups excluding carboxylic acids is 2. The number of nitrogens with zero attached hydrogens (tertiary/aromatic N) is 2. The zero-order valence-electron chi connectivity index (χ0n) is 20.8. The molecule has 190 valence electrons. The second-order valence-electron chi connectivity index (χ2n) is 9.02. The number of ether oxygens (including phenoxy) is 1. The quantitative estimate of drug-likeness (QED) is 0.368. The predicted octanol–water partition coefficient (Wildman–Crippen LogP) is 4.56. The number of rotatable bonds is 11. The van der Waals surface area contributed by atoms with Crippen molar-refractivity contribution in [3.63, 3.8) is 0 Å². The van der Waals surface area contributed by atoms with Gasteiger partial charge in [0.15, 0.2) is 0 Å². The molecule has 1 unspecified atom stereocenters. The van der Waals surface area contributed by atoms with Gasteiger partial charge in [0, 0.05) is 31.7 Å². The lowest BCUT2D eigenvalue weighted by Crippen LogP contribution is -2.46. The summed E-state index contributed by atoms with van der Waals surface area (Å²) in [5.74, 6) is -1.15. The van der Waals surface area contributed by atoms with Gasteiger partial charge in [0.2, 0.25) is 5.91 Å². The number of likely N-dealkylation sites (N-methyl/N-ethyl adjacent to an activating group) is 1. The number of methoxy groups -OCH3 is 1. The fraction of sp³-hybridized carbons (Fsp3) is 0.296. The average Bonchev–Trinajstić information content (AvgIpc) is 2.87. The summed E-state index contributed by atoms with van der Waals surface area (Å²) in [7, 11) is 3.23. The number of hydrogen-bond donors (Lipinski definition) is 2. The lowest BCUT2D eigenvalue weighted by atomic mass is 10.0. The third-order valence-electron chi connectivity index (χ3n) is 5.39. The number of nitrogens with one attached hydrogen (secondary N) is 2. The molecule has 0 radical (unpaired) electrons. The second-order valence-corrected chi connectivity index (χ2v) is 9.85. The molecule has 36 heavy (non-hydrogen) atoms. The van der Waals surface area contributed by atoms with E-state index in [2.05, 4.69) is 15.0 Å². The maximum atomic E-state index is 13.3. The smallest absolute Gasteiger partial charge is 0.254 e. The van der Waals surface area contributed by atoms with Gasteiger partial charge >= 0.3 is 0 Å². The number of aromatic nitrogens is 1. The highest BCUT2D eigenvalue weighted by atomic mass is 32.2. The van der Waals surface area contributed by atoms with Gasteiger partial charge < -0.3 is 15.0 Å². The maximum Gasteiger partial charge on any atom is 0.254 e. The Bertz CT molecular complexity index is 1140. The van der Waals surface area contributed by atoms with E-state index in [1.165, 1.54) is 41.1 Å². The first-order chi connectivity index (χ1) is 17.2. The molecular weight excluding hydrogens is 479 g/mol. The van der Waals surface area contributed by atoms with Crippen molar-refractivity contribution in [2.24, 2.45) is 0 Å². The molecule has 2 N–H and O–H groups in total. The molecule has 1 aromatic heterocycles. The Morgan fingerprint density at radius 3 is 2.39 bits per heavy atom. The molecule has 0 spiro atoms. The van der Waals surface area contributed by atoms with Gasteiger partial charge in [-0.2, -0.15) is 0 Å². The number of pyridine rings is 1. The largest absolute Gasteiger partial charge is 0.383 e. The van der Waals surface area contributed by atoms with Gasteiger partial charge in [-0.1, -0.05) is 30.3 Å². The van der Waals surface area contributed by atoms with Crippen LogP contribution in [0.25, 0.3) is 0 Å². The van der Waals surface area contributed by atoms with E-state index in [1.807, 2.05) is 44.2 Å². The van der Waals surface area contributed by atoms with Crippen molar-refractivity contribution in [2.75, 3.05) is 26.1 Å². The predicted molar refractivity (Wildman–Crippen MR) is 140 cm³/mol. The second kappa shape index (κ2) is 12.6. The Hall–Kier alpha value is -3.27. The summed E-state index contributed by atoms with van der Waals surface area (Å²) in [6.45, 7) is 4.59. The summed E-state index contributed by atoms with van der Waals surface area (Å²) in [5.41, 5.74) is 1.49. The van der Waals surface area contributed by atoms with Gasteiger partial charge in [-0.25, -0.2) is 9.37 Å². The van der Waals surface area contributed by atoms with E-state index in [4.69, 9.17) is 4.74 Å². The van der Waals surface area contributed by atoms with Crippen molar-refractivity contribution >= 4 is 29.4 Å². The van der Waals surface area contributed by atoms with Crippen LogP contribution in [0.3, 0.4) is 0 Å². The Morgan fingerprint density at radius 1 is 1.08 bits per heavy atom. The van der Waals surface area contributed by atoms with E-state index in [9.17, 15) is 14.0 Å². The third-order valence-corrected chi connectivity index (χ3v) is 6.50. The van der Waals surface area contributed by atoms with Crippen LogP contribution in [0.4, 0.5) is 10.1 Å². The summed E-state index contributed by atoms with van der Waals surface area (Å²) in [4.78, 5) is 32.2. The molecule has 0 aliphatic heterocycles. The molecule has 2 amide bonds. The van der Waals surface area contributed by atoms with Gasteiger partial charge in [0.1, 0.15) is 16.9 Å². The first-order valence-electron chi connectivity index (χ1n) is 11.4. The SMILES string of the molecule is COCC(C)(C)NSc1ccc(NC(=O)C(Cc2ccccc2)N(C)C(=O)c2ccc(F)cc2)cn1. The highest BCUT2D eigenvalue weighted by Gasteiger charge is 2.28. The fourth-order valence-electron chi connectivity index (χ4n) is 3.50. The monoisotopic (exact) mass is 510 g/mol. The summed E-state index contributed by atoms with van der Waals surface area (Å²) in [5, 5.41) is 3.61. The van der Waals surface area contributed by atoms with Crippen molar-refractivity contribution in [3.8, 4) is 0 Å². The van der Waals surface area contributed by atoms with Crippen molar-refractivity contribution in [1.82, 2.24) is 14.6 Å². The summed E-state index contributed by atoms with van der Waals surface area (Å²) < 4.78 is 21.8. The molecule has 0 saturated carbocycles. The summed E-state index contributed by atoms with van der Waals surface area (Å²) in [6, 6.07) is 17.5. The molecule has 0 saturated heterocycles. The minimum absolute atomic E-state index is 0.236. The molecule has 3 rings (SSSR count). The molecule has 0 bridgehead atoms.